The van der Waals surface area contributed by atoms with E-state index < -0.39 is 56.5 Å². The summed E-state index contributed by atoms with van der Waals surface area (Å²) in [5.74, 6) is -1.22. The molecule has 3 aromatic carbocycles. The average Bonchev–Trinajstić information content (AvgIpc) is 3.77. The smallest absolute Gasteiger partial charge is 0.0392 e. The summed E-state index contributed by atoms with van der Waals surface area (Å²) < 4.78 is 61.3. The van der Waals surface area contributed by atoms with Gasteiger partial charge < -0.3 is 5.32 Å². The Morgan fingerprint density at radius 2 is 1.91 bits per heavy atom. The standard InChI is InChI=1S/C33H26F4IN6O/c34-26-9-7-23(31(41-18-19-4-5-19)22-3-1-2-20(12-22)17-39)13-28(26)42-32(45)29-15-30(33(35,36)37)43-44(29)24-8-6-21-10-11-38-16-27(40)25(21)14-24/h1-3,6-16,19,31,41H,4-5,18,40H2,(H,42,45)/q-1. The number of nitrogens with two attached hydrogens (primary N) is 1. The molecule has 1 atom stereocenters. The first kappa shape index (κ1) is 30.5. The van der Waals surface area contributed by atoms with Gasteiger partial charge in [-0.3, -0.25) is 0 Å². The molecule has 2 heterocycles. The molecule has 2 aliphatic rings. The maximum Gasteiger partial charge on any atom is -0.0392 e. The van der Waals surface area contributed by atoms with Crippen molar-refractivity contribution in [3.63, 3.8) is 0 Å². The van der Waals surface area contributed by atoms with Crippen LogP contribution in [0.25, 0.3) is 17.5 Å². The zero-order valence-electron chi connectivity index (χ0n) is 23.6. The van der Waals surface area contributed by atoms with Gasteiger partial charge in [-0.25, -0.2) is 0 Å². The van der Waals surface area contributed by atoms with Crippen molar-refractivity contribution < 1.29 is 43.6 Å². The second kappa shape index (κ2) is 12.5. The first-order chi connectivity index (χ1) is 21.6. The molecule has 12 heteroatoms. The largest absolute Gasteiger partial charge is 0.0392 e. The number of amides is 1. The predicted molar refractivity (Wildman–Crippen MR) is 158 cm³/mol. The van der Waals surface area contributed by atoms with Crippen molar-refractivity contribution in [2.45, 2.75) is 25.1 Å². The maximum absolute atomic E-state index is 15.1. The number of fused-ring (bicyclic) bond motifs is 1. The molecule has 4 aromatic rings. The minimum Gasteiger partial charge on any atom is -0.0392 e. The van der Waals surface area contributed by atoms with Crippen LogP contribution in [0.4, 0.5) is 23.2 Å². The Balaban J connectivity index is 1.36. The number of alkyl halides is 3. The second-order valence-electron chi connectivity index (χ2n) is 10.8. The maximum atomic E-state index is 15.1. The summed E-state index contributed by atoms with van der Waals surface area (Å²) >= 11 is -0.413. The summed E-state index contributed by atoms with van der Waals surface area (Å²) in [4.78, 5) is 13.6. The van der Waals surface area contributed by atoms with Crippen LogP contribution >= 0.6 is 0 Å². The van der Waals surface area contributed by atoms with E-state index in [2.05, 4.69) is 21.8 Å². The summed E-state index contributed by atoms with van der Waals surface area (Å²) in [6.45, 7) is 0.706. The Labute approximate surface area is 266 Å². The number of halogens is 5. The van der Waals surface area contributed by atoms with Crippen molar-refractivity contribution in [1.29, 1.82) is 5.26 Å². The van der Waals surface area contributed by atoms with E-state index in [4.69, 9.17) is 5.73 Å². The fraction of sp³-hybridized carbons (Fsp3) is 0.182. The molecule has 0 spiro atoms. The molecular formula is C33H26F4IN6O-. The van der Waals surface area contributed by atoms with E-state index in [-0.39, 0.29) is 11.4 Å². The van der Waals surface area contributed by atoms with Crippen molar-refractivity contribution in [2.24, 2.45) is 11.7 Å². The van der Waals surface area contributed by atoms with Crippen LogP contribution in [0.2, 0.25) is 0 Å². The number of carbonyl (C=O) groups is 1. The van der Waals surface area contributed by atoms with Gasteiger partial charge in [0, 0.05) is 0 Å². The molecule has 45 heavy (non-hydrogen) atoms. The van der Waals surface area contributed by atoms with Crippen LogP contribution in [-0.2, 0) is 6.18 Å². The number of aromatic nitrogens is 2. The summed E-state index contributed by atoms with van der Waals surface area (Å²) in [5, 5.41) is 19.1. The number of hydrogen-bond donors (Lipinski definition) is 3. The Kier molecular flexibility index (Phi) is 8.48. The fourth-order valence-corrected chi connectivity index (χ4v) is 6.57. The normalized spacial score (nSPS) is 15.2. The molecule has 6 rings (SSSR count). The number of anilines is 1. The predicted octanol–water partition coefficient (Wildman–Crippen LogP) is 3.57. The number of nitrogens with zero attached hydrogens (tertiary/aromatic N) is 3. The summed E-state index contributed by atoms with van der Waals surface area (Å²) in [5.41, 5.74) is 8.23. The first-order valence-electron chi connectivity index (χ1n) is 14.0. The van der Waals surface area contributed by atoms with Crippen LogP contribution in [0, 0.1) is 23.1 Å². The zero-order valence-corrected chi connectivity index (χ0v) is 25.7. The van der Waals surface area contributed by atoms with Gasteiger partial charge in [-0.15, -0.1) is 0 Å². The van der Waals surface area contributed by atoms with Gasteiger partial charge in [0.25, 0.3) is 0 Å². The minimum absolute atomic E-state index is 0.190. The molecule has 7 nitrogen and oxygen atoms in total. The zero-order chi connectivity index (χ0) is 31.7. The molecule has 1 amide bonds. The van der Waals surface area contributed by atoms with Crippen molar-refractivity contribution in [3.8, 4) is 11.8 Å². The molecule has 1 aliphatic heterocycles. The number of nitriles is 1. The van der Waals surface area contributed by atoms with Gasteiger partial charge in [0.15, 0.2) is 0 Å². The summed E-state index contributed by atoms with van der Waals surface area (Å²) in [6, 6.07) is 18.4. The minimum atomic E-state index is -4.83. The van der Waals surface area contributed by atoms with Gasteiger partial charge in [-0.1, -0.05) is 18.2 Å². The van der Waals surface area contributed by atoms with E-state index >= 15 is 4.39 Å². The molecule has 0 saturated heterocycles. The Morgan fingerprint density at radius 1 is 1.11 bits per heavy atom. The van der Waals surface area contributed by atoms with Gasteiger partial charge in [-0.05, 0) is 43.0 Å². The van der Waals surface area contributed by atoms with Gasteiger partial charge >= 0.3 is 178 Å². The topological polar surface area (TPSA) is 109 Å². The third-order valence-corrected chi connectivity index (χ3v) is 9.35. The first-order valence-corrected chi connectivity index (χ1v) is 16.5. The van der Waals surface area contributed by atoms with E-state index in [1.54, 1.807) is 42.5 Å². The van der Waals surface area contributed by atoms with Crippen LogP contribution in [0.5, 0.6) is 0 Å². The van der Waals surface area contributed by atoms with E-state index in [1.807, 2.05) is 20.3 Å². The Hall–Kier alpha value is -4.48. The van der Waals surface area contributed by atoms with E-state index in [0.29, 0.717) is 40.9 Å². The Bertz CT molecular complexity index is 1890. The average molecular weight is 726 g/mol. The quantitative estimate of drug-likeness (QED) is 0.190. The molecular weight excluding hydrogens is 699 g/mol. The molecule has 230 valence electrons. The van der Waals surface area contributed by atoms with Crippen molar-refractivity contribution in [2.75, 3.05) is 11.9 Å². The van der Waals surface area contributed by atoms with Crippen LogP contribution in [0.1, 0.15) is 62.9 Å². The molecule has 0 bridgehead atoms. The van der Waals surface area contributed by atoms with Crippen molar-refractivity contribution in [3.05, 3.63) is 120 Å². The third kappa shape index (κ3) is 6.79. The summed E-state index contributed by atoms with van der Waals surface area (Å²) in [7, 11) is 0. The monoisotopic (exact) mass is 725 g/mol. The van der Waals surface area contributed by atoms with Crippen molar-refractivity contribution in [1.82, 2.24) is 15.1 Å². The number of carbonyl (C=O) groups excluding carboxylic acids is 1. The second-order valence-corrected chi connectivity index (χ2v) is 12.9. The SMILES string of the molecule is N#Cc1cccc(C(NCC2CC2)c2ccc(F)c(NC(=O)c3cc(C(F)(F)F)nn3-c3ccc4c(c3)C(N)=C[I-]C=C4)c2)c1. The van der Waals surface area contributed by atoms with Crippen molar-refractivity contribution >= 4 is 23.4 Å². The molecule has 1 fully saturated rings. The number of rotatable bonds is 8. The fourth-order valence-electron chi connectivity index (χ4n) is 5.04. The Morgan fingerprint density at radius 3 is 2.67 bits per heavy atom. The molecule has 0 radical (unpaired) electrons. The number of hydrogen-bond acceptors (Lipinski definition) is 5. The van der Waals surface area contributed by atoms with Gasteiger partial charge in [-0.2, -0.15) is 5.26 Å². The van der Waals surface area contributed by atoms with E-state index in [1.165, 1.54) is 12.1 Å². The van der Waals surface area contributed by atoms with Gasteiger partial charge in [0.2, 0.25) is 0 Å². The number of benzene rings is 3. The molecule has 1 aromatic heterocycles. The van der Waals surface area contributed by atoms with E-state index in [9.17, 15) is 23.2 Å². The van der Waals surface area contributed by atoms with Gasteiger partial charge in [0.05, 0.1) is 17.7 Å². The van der Waals surface area contributed by atoms with Crippen LogP contribution in [0.15, 0.2) is 74.9 Å². The van der Waals surface area contributed by atoms with Crippen LogP contribution in [-0.4, -0.2) is 22.2 Å². The van der Waals surface area contributed by atoms with Gasteiger partial charge in [0.1, 0.15) is 0 Å². The van der Waals surface area contributed by atoms with Crippen LogP contribution < -0.4 is 37.6 Å². The molecule has 1 saturated carbocycles. The van der Waals surface area contributed by atoms with Crippen LogP contribution in [0.3, 0.4) is 0 Å². The molecule has 4 N–H and O–H groups in total. The molecule has 1 aliphatic carbocycles. The summed E-state index contributed by atoms with van der Waals surface area (Å²) in [6.07, 6.45) is -0.732. The van der Waals surface area contributed by atoms with E-state index in [0.717, 1.165) is 28.7 Å². The molecule has 1 unspecified atom stereocenters. The third-order valence-electron chi connectivity index (χ3n) is 7.55. The number of nitrogens with one attached hydrogen (secondary N) is 2.